The minimum Gasteiger partial charge on any atom is -0.481 e. The maximum atomic E-state index is 10.3. The van der Waals surface area contributed by atoms with Gasteiger partial charge in [0.2, 0.25) is 0 Å². The molecule has 3 heteroatoms. The van der Waals surface area contributed by atoms with E-state index in [-0.39, 0.29) is 6.42 Å². The summed E-state index contributed by atoms with van der Waals surface area (Å²) in [6.07, 6.45) is 12.2. The van der Waals surface area contributed by atoms with E-state index in [1.54, 1.807) is 0 Å². The molecule has 0 spiro atoms. The van der Waals surface area contributed by atoms with Gasteiger partial charge in [-0.3, -0.25) is 4.79 Å². The lowest BCUT2D eigenvalue weighted by atomic mass is 10.1. The molecule has 0 aliphatic carbocycles. The van der Waals surface area contributed by atoms with Crippen molar-refractivity contribution in [1.29, 1.82) is 0 Å². The number of hydrogen-bond donors (Lipinski definition) is 2. The number of carboxylic acid groups (broad SMARTS) is 1. The molecular formula is C14H26O3. The summed E-state index contributed by atoms with van der Waals surface area (Å²) in [6, 6.07) is 0. The van der Waals surface area contributed by atoms with Crippen molar-refractivity contribution >= 4 is 5.97 Å². The van der Waals surface area contributed by atoms with Crippen LogP contribution in [0.15, 0.2) is 12.2 Å². The van der Waals surface area contributed by atoms with Crippen LogP contribution in [0.4, 0.5) is 0 Å². The quantitative estimate of drug-likeness (QED) is 0.430. The number of unbranched alkanes of at least 4 members (excludes halogenated alkanes) is 5. The van der Waals surface area contributed by atoms with Gasteiger partial charge in [0, 0.05) is 0 Å². The first-order valence-corrected chi connectivity index (χ1v) is 6.71. The van der Waals surface area contributed by atoms with E-state index in [1.165, 1.54) is 25.7 Å². The molecule has 0 saturated heterocycles. The maximum absolute atomic E-state index is 10.3. The van der Waals surface area contributed by atoms with Crippen LogP contribution >= 0.6 is 0 Å². The van der Waals surface area contributed by atoms with E-state index in [2.05, 4.69) is 19.1 Å². The summed E-state index contributed by atoms with van der Waals surface area (Å²) in [5.41, 5.74) is 0. The molecule has 2 N–H and O–H groups in total. The highest BCUT2D eigenvalue weighted by Crippen LogP contribution is 2.07. The summed E-state index contributed by atoms with van der Waals surface area (Å²) >= 11 is 0. The second-order valence-corrected chi connectivity index (χ2v) is 4.50. The van der Waals surface area contributed by atoms with Crippen LogP contribution in [0.25, 0.3) is 0 Å². The van der Waals surface area contributed by atoms with Gasteiger partial charge in [-0.25, -0.2) is 0 Å². The molecule has 100 valence electrons. The van der Waals surface area contributed by atoms with Gasteiger partial charge in [0.25, 0.3) is 0 Å². The Bertz CT molecular complexity index is 212. The Morgan fingerprint density at radius 1 is 1.12 bits per heavy atom. The van der Waals surface area contributed by atoms with E-state index in [4.69, 9.17) is 5.11 Å². The fourth-order valence-corrected chi connectivity index (χ4v) is 1.70. The maximum Gasteiger partial charge on any atom is 0.305 e. The molecule has 0 aromatic carbocycles. The summed E-state index contributed by atoms with van der Waals surface area (Å²) in [5.74, 6) is -0.927. The molecule has 0 amide bonds. The third kappa shape index (κ3) is 13.1. The molecule has 0 saturated carbocycles. The van der Waals surface area contributed by atoms with Gasteiger partial charge in [-0.2, -0.15) is 0 Å². The van der Waals surface area contributed by atoms with Crippen LogP contribution in [0.5, 0.6) is 0 Å². The third-order valence-electron chi connectivity index (χ3n) is 2.71. The highest BCUT2D eigenvalue weighted by atomic mass is 16.4. The van der Waals surface area contributed by atoms with Crippen molar-refractivity contribution in [2.45, 2.75) is 70.8 Å². The van der Waals surface area contributed by atoms with Crippen LogP contribution in [0, 0.1) is 0 Å². The van der Waals surface area contributed by atoms with E-state index < -0.39 is 12.1 Å². The summed E-state index contributed by atoms with van der Waals surface area (Å²) in [6.45, 7) is 2.21. The van der Waals surface area contributed by atoms with Gasteiger partial charge < -0.3 is 10.2 Å². The Hall–Kier alpha value is -0.830. The molecule has 0 aromatic rings. The lowest BCUT2D eigenvalue weighted by Gasteiger charge is -2.05. The molecule has 0 radical (unpaired) electrons. The van der Waals surface area contributed by atoms with Gasteiger partial charge in [-0.05, 0) is 32.1 Å². The second kappa shape index (κ2) is 11.6. The van der Waals surface area contributed by atoms with Crippen molar-refractivity contribution in [2.75, 3.05) is 0 Å². The normalized spacial score (nSPS) is 13.1. The number of carboxylic acids is 1. The van der Waals surface area contributed by atoms with Crippen LogP contribution in [0.2, 0.25) is 0 Å². The predicted molar refractivity (Wildman–Crippen MR) is 70.0 cm³/mol. The summed E-state index contributed by atoms with van der Waals surface area (Å²) in [7, 11) is 0. The van der Waals surface area contributed by atoms with Gasteiger partial charge in [0.1, 0.15) is 0 Å². The number of aliphatic carboxylic acids is 1. The first-order valence-electron chi connectivity index (χ1n) is 6.71. The Balaban J connectivity index is 3.26. The highest BCUT2D eigenvalue weighted by Gasteiger charge is 2.07. The lowest BCUT2D eigenvalue weighted by Crippen LogP contribution is -2.12. The zero-order chi connectivity index (χ0) is 12.9. The zero-order valence-electron chi connectivity index (χ0n) is 10.9. The van der Waals surface area contributed by atoms with Crippen molar-refractivity contribution in [3.8, 4) is 0 Å². The Kier molecular flexibility index (Phi) is 11.1. The second-order valence-electron chi connectivity index (χ2n) is 4.50. The number of hydrogen-bond acceptors (Lipinski definition) is 2. The summed E-state index contributed by atoms with van der Waals surface area (Å²) < 4.78 is 0. The minimum absolute atomic E-state index is 0.138. The van der Waals surface area contributed by atoms with Gasteiger partial charge in [0.15, 0.2) is 0 Å². The van der Waals surface area contributed by atoms with Crippen molar-refractivity contribution in [3.63, 3.8) is 0 Å². The Morgan fingerprint density at radius 2 is 1.76 bits per heavy atom. The van der Waals surface area contributed by atoms with Crippen molar-refractivity contribution in [1.82, 2.24) is 0 Å². The summed E-state index contributed by atoms with van der Waals surface area (Å²) in [5, 5.41) is 17.8. The average molecular weight is 242 g/mol. The average Bonchev–Trinajstić information content (AvgIpc) is 2.26. The van der Waals surface area contributed by atoms with Gasteiger partial charge >= 0.3 is 5.97 Å². The first kappa shape index (κ1) is 16.2. The van der Waals surface area contributed by atoms with Gasteiger partial charge in [-0.15, -0.1) is 0 Å². The standard InChI is InChI=1S/C14H26O3/c1-2-3-4-5-6-7-8-9-10-11-13(15)12-14(16)17/h7-8,13,15H,2-6,9-12H2,1H3,(H,16,17). The molecule has 17 heavy (non-hydrogen) atoms. The zero-order valence-corrected chi connectivity index (χ0v) is 10.9. The van der Waals surface area contributed by atoms with Crippen molar-refractivity contribution in [2.24, 2.45) is 0 Å². The fraction of sp³-hybridized carbons (Fsp3) is 0.786. The van der Waals surface area contributed by atoms with Crippen molar-refractivity contribution < 1.29 is 15.0 Å². The lowest BCUT2D eigenvalue weighted by molar-refractivity contribution is -0.139. The number of rotatable bonds is 11. The first-order chi connectivity index (χ1) is 8.16. The molecule has 0 bridgehead atoms. The third-order valence-corrected chi connectivity index (χ3v) is 2.71. The highest BCUT2D eigenvalue weighted by molar-refractivity contribution is 5.67. The number of carbonyl (C=O) groups is 1. The van der Waals surface area contributed by atoms with Crippen molar-refractivity contribution in [3.05, 3.63) is 12.2 Å². The molecule has 0 aliphatic heterocycles. The molecule has 1 atom stereocenters. The van der Waals surface area contributed by atoms with E-state index in [0.29, 0.717) is 6.42 Å². The molecule has 0 heterocycles. The summed E-state index contributed by atoms with van der Waals surface area (Å²) in [4.78, 5) is 10.3. The van der Waals surface area contributed by atoms with Crippen LogP contribution in [-0.4, -0.2) is 22.3 Å². The molecule has 3 nitrogen and oxygen atoms in total. The predicted octanol–water partition coefficient (Wildman–Crippen LogP) is 3.52. The van der Waals surface area contributed by atoms with E-state index in [1.807, 2.05) is 0 Å². The number of aliphatic hydroxyl groups excluding tert-OH is 1. The Morgan fingerprint density at radius 3 is 2.35 bits per heavy atom. The van der Waals surface area contributed by atoms with Crippen LogP contribution < -0.4 is 0 Å². The monoisotopic (exact) mass is 242 g/mol. The van der Waals surface area contributed by atoms with Crippen LogP contribution in [-0.2, 0) is 4.79 Å². The smallest absolute Gasteiger partial charge is 0.305 e. The van der Waals surface area contributed by atoms with E-state index in [9.17, 15) is 9.90 Å². The molecule has 0 aliphatic rings. The van der Waals surface area contributed by atoms with Crippen LogP contribution in [0.1, 0.15) is 64.7 Å². The topological polar surface area (TPSA) is 57.5 Å². The Labute approximate surface area is 105 Å². The van der Waals surface area contributed by atoms with Crippen LogP contribution in [0.3, 0.4) is 0 Å². The number of allylic oxidation sites excluding steroid dienone is 2. The van der Waals surface area contributed by atoms with Gasteiger partial charge in [-0.1, -0.05) is 38.3 Å². The van der Waals surface area contributed by atoms with Gasteiger partial charge in [0.05, 0.1) is 12.5 Å². The molecular weight excluding hydrogens is 216 g/mol. The minimum atomic E-state index is -0.927. The molecule has 0 aromatic heterocycles. The van der Waals surface area contributed by atoms with E-state index in [0.717, 1.165) is 19.3 Å². The fourth-order valence-electron chi connectivity index (χ4n) is 1.70. The molecule has 0 rings (SSSR count). The number of aliphatic hydroxyl groups is 1. The molecule has 1 unspecified atom stereocenters. The van der Waals surface area contributed by atoms with E-state index >= 15 is 0 Å². The molecule has 0 fully saturated rings. The largest absolute Gasteiger partial charge is 0.481 e. The SMILES string of the molecule is CCCCCCC=CCCCC(O)CC(=O)O.